The summed E-state index contributed by atoms with van der Waals surface area (Å²) >= 11 is 0. The molecule has 4 aliphatic rings. The highest BCUT2D eigenvalue weighted by Crippen LogP contribution is 2.68. The summed E-state index contributed by atoms with van der Waals surface area (Å²) in [4.78, 5) is 27.5. The number of aromatic hydroxyl groups is 1. The van der Waals surface area contributed by atoms with Crippen LogP contribution in [0.1, 0.15) is 45.3 Å². The number of pyridine rings is 1. The van der Waals surface area contributed by atoms with Crippen molar-refractivity contribution in [3.8, 4) is 11.5 Å². The fraction of sp³-hybridized carbons (Fsp3) is 0.455. The van der Waals surface area contributed by atoms with E-state index in [0.29, 0.717) is 29.8 Å². The first kappa shape index (κ1) is 18.9. The number of hydrogen-bond acceptors (Lipinski definition) is 7. The standard InChI is InChI=1S/C22H22N2O7/c1-24(29)6-5-21-15-10-3-4-13(25)17(15)31-18(21)16-11(9-22(21,28)14(24)8-10)7-12(19(26)23-16)20(27)30-2/h3-4,7,14,18,25,28H,5-6,8-9H2,1-2H3,(H,23,26)/t14-,18+,21+,22-,24?/m1/s1. The van der Waals surface area contributed by atoms with Gasteiger partial charge in [0.25, 0.3) is 5.56 Å². The number of piperidine rings is 1. The molecule has 1 spiro atoms. The summed E-state index contributed by atoms with van der Waals surface area (Å²) in [5.74, 6) is -0.518. The Morgan fingerprint density at radius 1 is 1.39 bits per heavy atom. The van der Waals surface area contributed by atoms with Crippen molar-refractivity contribution in [1.29, 1.82) is 0 Å². The summed E-state index contributed by atoms with van der Waals surface area (Å²) in [7, 11) is 2.77. The topological polar surface area (TPSA) is 132 Å². The Hall–Kier alpha value is -2.88. The van der Waals surface area contributed by atoms with Crippen LogP contribution in [-0.2, 0) is 23.0 Å². The van der Waals surface area contributed by atoms with Crippen molar-refractivity contribution in [2.45, 2.75) is 42.4 Å². The first-order valence-corrected chi connectivity index (χ1v) is 10.3. The molecule has 0 saturated carbocycles. The Morgan fingerprint density at radius 2 is 2.16 bits per heavy atom. The van der Waals surface area contributed by atoms with Crippen molar-refractivity contribution in [2.75, 3.05) is 20.7 Å². The maximum Gasteiger partial charge on any atom is 0.343 e. The summed E-state index contributed by atoms with van der Waals surface area (Å²) in [5.41, 5.74) is -0.607. The molecular weight excluding hydrogens is 404 g/mol. The molecule has 6 rings (SSSR count). The summed E-state index contributed by atoms with van der Waals surface area (Å²) in [6.45, 7) is 0.279. The SMILES string of the molecule is COC(=O)c1cc2c([nH]c1=O)[C@@H]1Oc3c(O)ccc4c3[C@@]13CC[N+](C)([O-])[C@H](C4)[C@]3(O)C2. The maximum atomic E-state index is 13.5. The number of aromatic nitrogens is 1. The predicted octanol–water partition coefficient (Wildman–Crippen LogP) is 0.799. The number of esters is 1. The van der Waals surface area contributed by atoms with Gasteiger partial charge in [-0.15, -0.1) is 0 Å². The molecule has 1 aromatic heterocycles. The average Bonchev–Trinajstić information content (AvgIpc) is 3.08. The van der Waals surface area contributed by atoms with Gasteiger partial charge >= 0.3 is 5.97 Å². The van der Waals surface area contributed by atoms with Crippen LogP contribution in [0.15, 0.2) is 23.0 Å². The van der Waals surface area contributed by atoms with Crippen LogP contribution < -0.4 is 10.3 Å². The molecular formula is C22H22N2O7. The number of nitrogens with one attached hydrogen (secondary N) is 1. The van der Waals surface area contributed by atoms with Crippen LogP contribution in [0.2, 0.25) is 0 Å². The van der Waals surface area contributed by atoms with Gasteiger partial charge in [-0.05, 0) is 23.3 Å². The van der Waals surface area contributed by atoms with Crippen LogP contribution in [0.4, 0.5) is 0 Å². The van der Waals surface area contributed by atoms with Crippen LogP contribution in [0.25, 0.3) is 0 Å². The van der Waals surface area contributed by atoms with Gasteiger partial charge in [0.2, 0.25) is 0 Å². The van der Waals surface area contributed by atoms with Crippen molar-refractivity contribution >= 4 is 5.97 Å². The first-order chi connectivity index (χ1) is 14.6. The highest BCUT2D eigenvalue weighted by molar-refractivity contribution is 5.89. The summed E-state index contributed by atoms with van der Waals surface area (Å²) in [6.07, 6.45) is -0.0164. The molecule has 3 heterocycles. The van der Waals surface area contributed by atoms with Crippen LogP contribution >= 0.6 is 0 Å². The Kier molecular flexibility index (Phi) is 3.33. The van der Waals surface area contributed by atoms with Gasteiger partial charge < -0.3 is 34.5 Å². The van der Waals surface area contributed by atoms with Gasteiger partial charge in [-0.1, -0.05) is 6.07 Å². The van der Waals surface area contributed by atoms with Gasteiger partial charge in [0.15, 0.2) is 17.6 Å². The van der Waals surface area contributed by atoms with Crippen molar-refractivity contribution in [3.05, 3.63) is 61.7 Å². The maximum absolute atomic E-state index is 13.5. The van der Waals surface area contributed by atoms with Crippen molar-refractivity contribution < 1.29 is 29.1 Å². The van der Waals surface area contributed by atoms with E-state index in [1.807, 2.05) is 0 Å². The molecule has 2 aliphatic heterocycles. The molecule has 0 amide bonds. The number of likely N-dealkylation sites (N-methyl/N-ethyl adjacent to an activating group) is 1. The van der Waals surface area contributed by atoms with E-state index in [0.717, 1.165) is 11.1 Å². The molecule has 1 saturated heterocycles. The van der Waals surface area contributed by atoms with Gasteiger partial charge in [0.05, 0.1) is 31.8 Å². The minimum Gasteiger partial charge on any atom is -0.633 e. The quantitative estimate of drug-likeness (QED) is 0.349. The Labute approximate surface area is 177 Å². The number of ether oxygens (including phenoxy) is 2. The largest absolute Gasteiger partial charge is 0.633 e. The number of rotatable bonds is 1. The number of nitrogens with zero attached hydrogens (tertiary/aromatic N) is 1. The number of hydroxylamine groups is 3. The lowest BCUT2D eigenvalue weighted by molar-refractivity contribution is -0.904. The summed E-state index contributed by atoms with van der Waals surface area (Å²) in [5, 5.41) is 36.3. The molecule has 1 aromatic carbocycles. The minimum absolute atomic E-state index is 0.0386. The molecule has 0 radical (unpaired) electrons. The van der Waals surface area contributed by atoms with Gasteiger partial charge in [0, 0.05) is 24.8 Å². The number of hydrogen-bond donors (Lipinski definition) is 3. The van der Waals surface area contributed by atoms with E-state index in [9.17, 15) is 25.0 Å². The zero-order valence-corrected chi connectivity index (χ0v) is 17.1. The van der Waals surface area contributed by atoms with Crippen LogP contribution in [0.3, 0.4) is 0 Å². The molecule has 1 unspecified atom stereocenters. The number of benzene rings is 1. The van der Waals surface area contributed by atoms with E-state index in [-0.39, 0.29) is 24.3 Å². The molecule has 2 aromatic rings. The number of carbonyl (C=O) groups is 1. The third-order valence-corrected chi connectivity index (χ3v) is 7.98. The first-order valence-electron chi connectivity index (χ1n) is 10.3. The molecule has 9 nitrogen and oxygen atoms in total. The number of carbonyl (C=O) groups excluding carboxylic acids is 1. The zero-order chi connectivity index (χ0) is 21.9. The predicted molar refractivity (Wildman–Crippen MR) is 107 cm³/mol. The minimum atomic E-state index is -1.48. The molecule has 31 heavy (non-hydrogen) atoms. The van der Waals surface area contributed by atoms with Gasteiger partial charge in [-0.25, -0.2) is 4.79 Å². The van der Waals surface area contributed by atoms with Gasteiger partial charge in [-0.3, -0.25) is 4.79 Å². The lowest BCUT2D eigenvalue weighted by atomic mass is 9.49. The van der Waals surface area contributed by atoms with E-state index in [2.05, 4.69) is 4.98 Å². The molecule has 2 bridgehead atoms. The van der Waals surface area contributed by atoms with Crippen LogP contribution in [-0.4, -0.2) is 58.2 Å². The normalized spacial score (nSPS) is 36.3. The number of quaternary nitrogens is 1. The van der Waals surface area contributed by atoms with E-state index in [1.54, 1.807) is 19.2 Å². The number of phenolic OH excluding ortho intramolecular Hbond substituents is 1. The number of aromatic amines is 1. The number of likely N-dealkylation sites (tertiary alicyclic amines) is 1. The lowest BCUT2D eigenvalue weighted by Gasteiger charge is -2.66. The molecule has 1 fully saturated rings. The third kappa shape index (κ3) is 1.97. The van der Waals surface area contributed by atoms with E-state index < -0.39 is 39.3 Å². The highest BCUT2D eigenvalue weighted by atomic mass is 16.6. The van der Waals surface area contributed by atoms with Crippen molar-refractivity contribution in [3.63, 3.8) is 0 Å². The van der Waals surface area contributed by atoms with Crippen molar-refractivity contribution in [1.82, 2.24) is 4.98 Å². The number of aliphatic hydroxyl groups is 1. The Morgan fingerprint density at radius 3 is 2.90 bits per heavy atom. The molecule has 9 heteroatoms. The molecule has 162 valence electrons. The smallest absolute Gasteiger partial charge is 0.343 e. The van der Waals surface area contributed by atoms with Gasteiger partial charge in [-0.2, -0.15) is 0 Å². The Balaban J connectivity index is 1.68. The van der Waals surface area contributed by atoms with Crippen molar-refractivity contribution in [2.24, 2.45) is 0 Å². The average molecular weight is 426 g/mol. The zero-order valence-electron chi connectivity index (χ0n) is 17.1. The molecule has 2 aliphatic carbocycles. The van der Waals surface area contributed by atoms with Crippen LogP contribution in [0.5, 0.6) is 11.5 Å². The molecule has 3 N–H and O–H groups in total. The fourth-order valence-electron chi connectivity index (χ4n) is 6.63. The summed E-state index contributed by atoms with van der Waals surface area (Å²) in [6, 6.07) is 4.11. The van der Waals surface area contributed by atoms with E-state index >= 15 is 0 Å². The number of H-pyrrole nitrogens is 1. The summed E-state index contributed by atoms with van der Waals surface area (Å²) < 4.78 is 10.4. The second-order valence-electron chi connectivity index (χ2n) is 9.33. The van der Waals surface area contributed by atoms with E-state index in [4.69, 9.17) is 9.47 Å². The Bertz CT molecular complexity index is 1240. The fourth-order valence-corrected chi connectivity index (χ4v) is 6.63. The second kappa shape index (κ2) is 5.48. The monoisotopic (exact) mass is 426 g/mol. The number of methoxy groups -OCH3 is 1. The number of phenols is 1. The third-order valence-electron chi connectivity index (χ3n) is 7.98. The lowest BCUT2D eigenvalue weighted by Crippen LogP contribution is -2.77. The number of fused-ring (bicyclic) bond motifs is 2. The van der Waals surface area contributed by atoms with Crippen LogP contribution in [0, 0.1) is 5.21 Å². The molecule has 5 atom stereocenters. The van der Waals surface area contributed by atoms with Gasteiger partial charge in [0.1, 0.15) is 17.2 Å². The highest BCUT2D eigenvalue weighted by Gasteiger charge is 2.75. The second-order valence-corrected chi connectivity index (χ2v) is 9.33. The van der Waals surface area contributed by atoms with E-state index in [1.165, 1.54) is 13.2 Å².